The van der Waals surface area contributed by atoms with Crippen molar-refractivity contribution in [2.24, 2.45) is 5.92 Å². The maximum absolute atomic E-state index is 12.7. The Labute approximate surface area is 143 Å². The van der Waals surface area contributed by atoms with Crippen LogP contribution in [0.2, 0.25) is 0 Å². The first kappa shape index (κ1) is 20.7. The fourth-order valence-electron chi connectivity index (χ4n) is 2.74. The van der Waals surface area contributed by atoms with E-state index in [0.29, 0.717) is 6.42 Å². The normalized spacial score (nSPS) is 13.8. The lowest BCUT2D eigenvalue weighted by Crippen LogP contribution is -2.49. The molecule has 0 saturated heterocycles. The molecule has 0 unspecified atom stereocenters. The number of rotatable bonds is 8. The molecule has 0 aliphatic carbocycles. The fraction of sp³-hybridized carbons (Fsp3) is 0.632. The van der Waals surface area contributed by atoms with Gasteiger partial charge < -0.3 is 0 Å². The van der Waals surface area contributed by atoms with E-state index in [1.54, 1.807) is 18.7 Å². The third kappa shape index (κ3) is 6.63. The number of alkyl halides is 3. The molecule has 0 aliphatic rings. The minimum atomic E-state index is -4.22. The number of hydrogen-bond donors (Lipinski definition) is 0. The van der Waals surface area contributed by atoms with Gasteiger partial charge in [0.25, 0.3) is 0 Å². The number of benzene rings is 1. The zero-order chi connectivity index (χ0) is 18.5. The van der Waals surface area contributed by atoms with Gasteiger partial charge in [0.2, 0.25) is 0 Å². The molecular formula is C19H28F3NO. The van der Waals surface area contributed by atoms with Gasteiger partial charge in [-0.1, -0.05) is 43.7 Å². The zero-order valence-electron chi connectivity index (χ0n) is 15.2. The highest BCUT2D eigenvalue weighted by Crippen LogP contribution is 2.23. The van der Waals surface area contributed by atoms with Crippen molar-refractivity contribution in [2.75, 3.05) is 6.54 Å². The minimum Gasteiger partial charge on any atom is -0.298 e. The predicted molar refractivity (Wildman–Crippen MR) is 91.0 cm³/mol. The van der Waals surface area contributed by atoms with E-state index in [9.17, 15) is 18.0 Å². The molecule has 1 atom stereocenters. The molecule has 0 heterocycles. The molecule has 1 aromatic carbocycles. The lowest BCUT2D eigenvalue weighted by Gasteiger charge is -2.35. The molecule has 0 bridgehead atoms. The van der Waals surface area contributed by atoms with Gasteiger partial charge in [0.05, 0.1) is 12.5 Å². The molecule has 1 aromatic rings. The minimum absolute atomic E-state index is 0.00792. The summed E-state index contributed by atoms with van der Waals surface area (Å²) in [5, 5.41) is 0. The number of carbonyl (C=O) groups is 1. The highest BCUT2D eigenvalue weighted by Gasteiger charge is 2.34. The molecule has 0 radical (unpaired) electrons. The first-order chi connectivity index (χ1) is 11.0. The van der Waals surface area contributed by atoms with Crippen molar-refractivity contribution in [3.63, 3.8) is 0 Å². The smallest absolute Gasteiger partial charge is 0.298 e. The van der Waals surface area contributed by atoms with E-state index in [-0.39, 0.29) is 24.3 Å². The van der Waals surface area contributed by atoms with Crippen LogP contribution in [0.15, 0.2) is 24.3 Å². The van der Waals surface area contributed by atoms with Gasteiger partial charge in [-0.15, -0.1) is 0 Å². The maximum Gasteiger partial charge on any atom is 0.390 e. The van der Waals surface area contributed by atoms with E-state index >= 15 is 0 Å². The van der Waals surface area contributed by atoms with Crippen molar-refractivity contribution in [2.45, 2.75) is 65.7 Å². The molecule has 136 valence electrons. The van der Waals surface area contributed by atoms with Crippen molar-refractivity contribution in [3.8, 4) is 0 Å². The number of carbonyl (C=O) groups excluding carboxylic acids is 1. The fourth-order valence-corrected chi connectivity index (χ4v) is 2.74. The lowest BCUT2D eigenvalue weighted by molar-refractivity contribution is -0.144. The Morgan fingerprint density at radius 1 is 1.08 bits per heavy atom. The molecule has 0 spiro atoms. The first-order valence-electron chi connectivity index (χ1n) is 8.43. The average molecular weight is 343 g/mol. The molecule has 0 amide bonds. The third-order valence-electron chi connectivity index (χ3n) is 4.16. The van der Waals surface area contributed by atoms with Crippen molar-refractivity contribution in [3.05, 3.63) is 35.4 Å². The molecule has 2 nitrogen and oxygen atoms in total. The van der Waals surface area contributed by atoms with Crippen LogP contribution in [0.25, 0.3) is 0 Å². The van der Waals surface area contributed by atoms with E-state index < -0.39 is 18.6 Å². The van der Waals surface area contributed by atoms with Gasteiger partial charge in [0.1, 0.15) is 0 Å². The van der Waals surface area contributed by atoms with Gasteiger partial charge in [-0.05, 0) is 32.8 Å². The molecule has 0 fully saturated rings. The Morgan fingerprint density at radius 3 is 2.04 bits per heavy atom. The van der Waals surface area contributed by atoms with Gasteiger partial charge in [-0.3, -0.25) is 9.69 Å². The van der Waals surface area contributed by atoms with Crippen LogP contribution in [0, 0.1) is 12.8 Å². The standard InChI is InChI=1S/C19H28F3NO/c1-13(2)18(24)17(12-16-8-6-15(5)7-9-16)23(14(3)4)11-10-19(20,21)22/h6-9,13-14,17H,10-12H2,1-5H3/t17-/m0/s1. The quantitative estimate of drug-likeness (QED) is 0.676. The van der Waals surface area contributed by atoms with Crippen LogP contribution in [0.4, 0.5) is 13.2 Å². The molecule has 24 heavy (non-hydrogen) atoms. The topological polar surface area (TPSA) is 20.3 Å². The van der Waals surface area contributed by atoms with Crippen LogP contribution in [0.3, 0.4) is 0 Å². The van der Waals surface area contributed by atoms with E-state index in [1.807, 2.05) is 45.0 Å². The summed E-state index contributed by atoms with van der Waals surface area (Å²) >= 11 is 0. The monoisotopic (exact) mass is 343 g/mol. The molecule has 0 aliphatic heterocycles. The Morgan fingerprint density at radius 2 is 1.62 bits per heavy atom. The summed E-state index contributed by atoms with van der Waals surface area (Å²) in [5.74, 6) is -0.223. The number of halogens is 3. The average Bonchev–Trinajstić information content (AvgIpc) is 2.46. The van der Waals surface area contributed by atoms with Crippen molar-refractivity contribution in [1.29, 1.82) is 0 Å². The van der Waals surface area contributed by atoms with Crippen molar-refractivity contribution in [1.82, 2.24) is 4.90 Å². The van der Waals surface area contributed by atoms with Gasteiger partial charge in [-0.2, -0.15) is 13.2 Å². The molecule has 5 heteroatoms. The largest absolute Gasteiger partial charge is 0.390 e. The van der Waals surface area contributed by atoms with Crippen LogP contribution in [-0.2, 0) is 11.2 Å². The molecule has 1 rings (SSSR count). The maximum atomic E-state index is 12.7. The summed E-state index contributed by atoms with van der Waals surface area (Å²) in [7, 11) is 0. The van der Waals surface area contributed by atoms with Crippen LogP contribution in [-0.4, -0.2) is 35.5 Å². The third-order valence-corrected chi connectivity index (χ3v) is 4.16. The summed E-state index contributed by atoms with van der Waals surface area (Å²) in [4.78, 5) is 14.4. The van der Waals surface area contributed by atoms with Crippen LogP contribution in [0.5, 0.6) is 0 Å². The number of Topliss-reactive ketones (excluding diaryl/α,β-unsaturated/α-hetero) is 1. The SMILES string of the molecule is Cc1ccc(C[C@@H](C(=O)C(C)C)N(CCC(F)(F)F)C(C)C)cc1. The Bertz CT molecular complexity index is 520. The molecule has 0 saturated carbocycles. The van der Waals surface area contributed by atoms with E-state index in [4.69, 9.17) is 0 Å². The van der Waals surface area contributed by atoms with Crippen molar-refractivity contribution < 1.29 is 18.0 Å². The Balaban J connectivity index is 3.03. The van der Waals surface area contributed by atoms with Crippen LogP contribution >= 0.6 is 0 Å². The Kier molecular flexibility index (Phi) is 7.46. The highest BCUT2D eigenvalue weighted by molar-refractivity contribution is 5.86. The van der Waals surface area contributed by atoms with Gasteiger partial charge in [0, 0.05) is 18.5 Å². The van der Waals surface area contributed by atoms with E-state index in [2.05, 4.69) is 0 Å². The lowest BCUT2D eigenvalue weighted by atomic mass is 9.93. The second kappa shape index (κ2) is 8.65. The number of ketones is 1. The number of aryl methyl sites for hydroxylation is 1. The van der Waals surface area contributed by atoms with Crippen molar-refractivity contribution >= 4 is 5.78 Å². The van der Waals surface area contributed by atoms with Crippen LogP contribution < -0.4 is 0 Å². The first-order valence-corrected chi connectivity index (χ1v) is 8.43. The predicted octanol–water partition coefficient (Wildman–Crippen LogP) is 4.79. The summed E-state index contributed by atoms with van der Waals surface area (Å²) < 4.78 is 38.0. The highest BCUT2D eigenvalue weighted by atomic mass is 19.4. The number of hydrogen-bond acceptors (Lipinski definition) is 2. The second-order valence-corrected chi connectivity index (χ2v) is 6.96. The summed E-state index contributed by atoms with van der Waals surface area (Å²) in [5.41, 5.74) is 2.08. The zero-order valence-corrected chi connectivity index (χ0v) is 15.2. The second-order valence-electron chi connectivity index (χ2n) is 6.96. The molecule has 0 N–H and O–H groups in total. The van der Waals surface area contributed by atoms with E-state index in [1.165, 1.54) is 0 Å². The molecule has 0 aromatic heterocycles. The summed E-state index contributed by atoms with van der Waals surface area (Å²) in [6.45, 7) is 9.10. The van der Waals surface area contributed by atoms with E-state index in [0.717, 1.165) is 11.1 Å². The van der Waals surface area contributed by atoms with Gasteiger partial charge >= 0.3 is 6.18 Å². The summed E-state index contributed by atoms with van der Waals surface area (Å²) in [6.07, 6.45) is -4.68. The number of nitrogens with zero attached hydrogens (tertiary/aromatic N) is 1. The summed E-state index contributed by atoms with van der Waals surface area (Å²) in [6, 6.07) is 7.14. The Hall–Kier alpha value is -1.36. The van der Waals surface area contributed by atoms with Crippen LogP contribution in [0.1, 0.15) is 45.2 Å². The molecular weight excluding hydrogens is 315 g/mol. The van der Waals surface area contributed by atoms with Gasteiger partial charge in [0.15, 0.2) is 5.78 Å². The van der Waals surface area contributed by atoms with Gasteiger partial charge in [-0.25, -0.2) is 0 Å².